The molecule has 0 radical (unpaired) electrons. The zero-order valence-electron chi connectivity index (χ0n) is 12.3. The molecule has 0 bridgehead atoms. The fourth-order valence-electron chi connectivity index (χ4n) is 2.04. The third-order valence-electron chi connectivity index (χ3n) is 3.07. The molecule has 3 aromatic rings. The van der Waals surface area contributed by atoms with Crippen LogP contribution in [0.25, 0.3) is 0 Å². The van der Waals surface area contributed by atoms with Gasteiger partial charge in [0.05, 0.1) is 0 Å². The van der Waals surface area contributed by atoms with Gasteiger partial charge in [-0.3, -0.25) is 4.79 Å². The standard InChI is InChI=1S/C17H12Cl2N4O/c18-11-6-12(19)8-14(7-11)22-16-9-15(20-10-21-16)17(24)23-13-4-2-1-3-5-13/h1-10H,(H,23,24)(H,20,21,22). The molecule has 0 unspecified atom stereocenters. The molecule has 0 aliphatic heterocycles. The number of carbonyl (C=O) groups excluding carboxylic acids is 1. The quantitative estimate of drug-likeness (QED) is 0.704. The number of benzene rings is 2. The molecule has 24 heavy (non-hydrogen) atoms. The Morgan fingerprint density at radius 2 is 1.58 bits per heavy atom. The maximum atomic E-state index is 12.3. The summed E-state index contributed by atoms with van der Waals surface area (Å²) in [4.78, 5) is 20.3. The topological polar surface area (TPSA) is 66.9 Å². The lowest BCUT2D eigenvalue weighted by atomic mass is 10.3. The van der Waals surface area contributed by atoms with E-state index < -0.39 is 0 Å². The number of amides is 1. The van der Waals surface area contributed by atoms with Gasteiger partial charge in [-0.2, -0.15) is 0 Å². The number of nitrogens with one attached hydrogen (secondary N) is 2. The minimum absolute atomic E-state index is 0.240. The lowest BCUT2D eigenvalue weighted by Crippen LogP contribution is -2.14. The first-order valence-electron chi connectivity index (χ1n) is 7.02. The van der Waals surface area contributed by atoms with Crippen LogP contribution in [0.5, 0.6) is 0 Å². The molecule has 1 aromatic heterocycles. The van der Waals surface area contributed by atoms with Gasteiger partial charge in [0.1, 0.15) is 17.8 Å². The zero-order valence-corrected chi connectivity index (χ0v) is 13.8. The highest BCUT2D eigenvalue weighted by Gasteiger charge is 2.09. The molecule has 0 aliphatic rings. The van der Waals surface area contributed by atoms with Crippen LogP contribution in [0.2, 0.25) is 10.0 Å². The summed E-state index contributed by atoms with van der Waals surface area (Å²) in [6, 6.07) is 15.7. The van der Waals surface area contributed by atoms with Crippen LogP contribution < -0.4 is 10.6 Å². The second kappa shape index (κ2) is 7.29. The van der Waals surface area contributed by atoms with E-state index in [0.29, 0.717) is 27.2 Å². The Bertz CT molecular complexity index is 851. The van der Waals surface area contributed by atoms with E-state index in [1.807, 2.05) is 18.2 Å². The Labute approximate surface area is 148 Å². The van der Waals surface area contributed by atoms with Gasteiger partial charge in [0, 0.05) is 27.5 Å². The van der Waals surface area contributed by atoms with E-state index in [9.17, 15) is 4.79 Å². The number of nitrogens with zero attached hydrogens (tertiary/aromatic N) is 2. The molecule has 3 rings (SSSR count). The van der Waals surface area contributed by atoms with Crippen molar-refractivity contribution in [2.75, 3.05) is 10.6 Å². The van der Waals surface area contributed by atoms with E-state index in [2.05, 4.69) is 20.6 Å². The van der Waals surface area contributed by atoms with Crippen molar-refractivity contribution in [3.05, 3.63) is 76.7 Å². The third kappa shape index (κ3) is 4.22. The Hall–Kier alpha value is -2.63. The van der Waals surface area contributed by atoms with Gasteiger partial charge in [-0.1, -0.05) is 41.4 Å². The van der Waals surface area contributed by atoms with E-state index in [1.165, 1.54) is 6.33 Å². The summed E-state index contributed by atoms with van der Waals surface area (Å²) in [6.07, 6.45) is 1.31. The minimum atomic E-state index is -0.323. The van der Waals surface area contributed by atoms with Crippen molar-refractivity contribution in [2.45, 2.75) is 0 Å². The predicted molar refractivity (Wildman–Crippen MR) is 96.2 cm³/mol. The summed E-state index contributed by atoms with van der Waals surface area (Å²) in [5.74, 6) is 0.136. The number of anilines is 3. The van der Waals surface area contributed by atoms with E-state index in [-0.39, 0.29) is 11.6 Å². The molecular weight excluding hydrogens is 347 g/mol. The Balaban J connectivity index is 1.77. The fraction of sp³-hybridized carbons (Fsp3) is 0. The van der Waals surface area contributed by atoms with Crippen LogP contribution in [0, 0.1) is 0 Å². The number of halogens is 2. The summed E-state index contributed by atoms with van der Waals surface area (Å²) in [7, 11) is 0. The SMILES string of the molecule is O=C(Nc1ccccc1)c1cc(Nc2cc(Cl)cc(Cl)c2)ncn1. The normalized spacial score (nSPS) is 10.2. The average molecular weight is 359 g/mol. The molecule has 1 amide bonds. The second-order valence-electron chi connectivity index (χ2n) is 4.89. The van der Waals surface area contributed by atoms with Gasteiger partial charge in [-0.05, 0) is 30.3 Å². The number of carbonyl (C=O) groups is 1. The summed E-state index contributed by atoms with van der Waals surface area (Å²) in [5.41, 5.74) is 1.60. The van der Waals surface area contributed by atoms with Crippen LogP contribution in [0.4, 0.5) is 17.2 Å². The molecule has 7 heteroatoms. The summed E-state index contributed by atoms with van der Waals surface area (Å²) >= 11 is 11.9. The Kier molecular flexibility index (Phi) is 4.93. The monoisotopic (exact) mass is 358 g/mol. The molecule has 0 fully saturated rings. The van der Waals surface area contributed by atoms with E-state index in [1.54, 1.807) is 36.4 Å². The largest absolute Gasteiger partial charge is 0.340 e. The molecular formula is C17H12Cl2N4O. The minimum Gasteiger partial charge on any atom is -0.340 e. The van der Waals surface area contributed by atoms with Crippen molar-refractivity contribution in [1.82, 2.24) is 9.97 Å². The van der Waals surface area contributed by atoms with Gasteiger partial charge in [0.25, 0.3) is 5.91 Å². The maximum absolute atomic E-state index is 12.3. The van der Waals surface area contributed by atoms with Gasteiger partial charge >= 0.3 is 0 Å². The first kappa shape index (κ1) is 16.2. The zero-order chi connectivity index (χ0) is 16.9. The van der Waals surface area contributed by atoms with Crippen LogP contribution in [0.3, 0.4) is 0 Å². The van der Waals surface area contributed by atoms with Gasteiger partial charge in [0.2, 0.25) is 0 Å². The molecule has 2 aromatic carbocycles. The second-order valence-corrected chi connectivity index (χ2v) is 5.76. The van der Waals surface area contributed by atoms with Crippen molar-refractivity contribution in [3.8, 4) is 0 Å². The third-order valence-corrected chi connectivity index (χ3v) is 3.50. The van der Waals surface area contributed by atoms with E-state index in [4.69, 9.17) is 23.2 Å². The lowest BCUT2D eigenvalue weighted by Gasteiger charge is -2.08. The van der Waals surface area contributed by atoms with Gasteiger partial charge in [-0.15, -0.1) is 0 Å². The van der Waals surface area contributed by atoms with Crippen LogP contribution in [-0.2, 0) is 0 Å². The Morgan fingerprint density at radius 1 is 0.875 bits per heavy atom. The van der Waals surface area contributed by atoms with Gasteiger partial charge in [0.15, 0.2) is 0 Å². The molecule has 0 atom stereocenters. The molecule has 0 aliphatic carbocycles. The van der Waals surface area contributed by atoms with E-state index in [0.717, 1.165) is 0 Å². The summed E-state index contributed by atoms with van der Waals surface area (Å²) < 4.78 is 0. The first-order chi connectivity index (χ1) is 11.6. The van der Waals surface area contributed by atoms with Crippen molar-refractivity contribution < 1.29 is 4.79 Å². The van der Waals surface area contributed by atoms with Crippen LogP contribution in [-0.4, -0.2) is 15.9 Å². The van der Waals surface area contributed by atoms with Crippen LogP contribution in [0.15, 0.2) is 60.9 Å². The molecule has 5 nitrogen and oxygen atoms in total. The van der Waals surface area contributed by atoms with Crippen molar-refractivity contribution in [3.63, 3.8) is 0 Å². The highest BCUT2D eigenvalue weighted by atomic mass is 35.5. The predicted octanol–water partition coefficient (Wildman–Crippen LogP) is 4.78. The van der Waals surface area contributed by atoms with Crippen molar-refractivity contribution in [1.29, 1.82) is 0 Å². The van der Waals surface area contributed by atoms with Crippen LogP contribution >= 0.6 is 23.2 Å². The van der Waals surface area contributed by atoms with E-state index >= 15 is 0 Å². The van der Waals surface area contributed by atoms with Gasteiger partial charge < -0.3 is 10.6 Å². The highest BCUT2D eigenvalue weighted by molar-refractivity contribution is 6.35. The number of para-hydroxylation sites is 1. The van der Waals surface area contributed by atoms with Crippen molar-refractivity contribution >= 4 is 46.3 Å². The molecule has 0 saturated carbocycles. The highest BCUT2D eigenvalue weighted by Crippen LogP contribution is 2.24. The number of aromatic nitrogens is 2. The molecule has 0 saturated heterocycles. The smallest absolute Gasteiger partial charge is 0.274 e. The van der Waals surface area contributed by atoms with Crippen LogP contribution in [0.1, 0.15) is 10.5 Å². The molecule has 2 N–H and O–H groups in total. The first-order valence-corrected chi connectivity index (χ1v) is 7.77. The average Bonchev–Trinajstić information content (AvgIpc) is 2.55. The molecule has 1 heterocycles. The fourth-order valence-corrected chi connectivity index (χ4v) is 2.57. The Morgan fingerprint density at radius 3 is 2.29 bits per heavy atom. The number of hydrogen-bond acceptors (Lipinski definition) is 4. The molecule has 0 spiro atoms. The molecule has 120 valence electrons. The maximum Gasteiger partial charge on any atom is 0.274 e. The lowest BCUT2D eigenvalue weighted by molar-refractivity contribution is 0.102. The van der Waals surface area contributed by atoms with Gasteiger partial charge in [-0.25, -0.2) is 9.97 Å². The summed E-state index contributed by atoms with van der Waals surface area (Å²) in [5, 5.41) is 6.82. The van der Waals surface area contributed by atoms with Crippen molar-refractivity contribution in [2.24, 2.45) is 0 Å². The summed E-state index contributed by atoms with van der Waals surface area (Å²) in [6.45, 7) is 0. The number of hydrogen-bond donors (Lipinski definition) is 2. The number of rotatable bonds is 4.